The van der Waals surface area contributed by atoms with E-state index in [2.05, 4.69) is 61.7 Å². The lowest BCUT2D eigenvalue weighted by molar-refractivity contribution is 0.0378. The number of morpholine rings is 1. The predicted molar refractivity (Wildman–Crippen MR) is 162 cm³/mol. The Kier molecular flexibility index (Phi) is 7.25. The summed E-state index contributed by atoms with van der Waals surface area (Å²) in [4.78, 5) is 24.0. The summed E-state index contributed by atoms with van der Waals surface area (Å²) < 4.78 is 7.65. The number of phenolic OH excluding ortho intramolecular Hbond substituents is 1. The Morgan fingerprint density at radius 1 is 1.12 bits per heavy atom. The van der Waals surface area contributed by atoms with E-state index in [0.29, 0.717) is 19.1 Å². The Morgan fingerprint density at radius 2 is 1.98 bits per heavy atom. The van der Waals surface area contributed by atoms with Crippen molar-refractivity contribution in [1.82, 2.24) is 29.6 Å². The number of anilines is 1. The van der Waals surface area contributed by atoms with Crippen molar-refractivity contribution in [3.05, 3.63) is 77.3 Å². The first-order chi connectivity index (χ1) is 20.5. The lowest BCUT2D eigenvalue weighted by Crippen LogP contribution is -2.37. The molecule has 2 aromatic carbocycles. The second-order valence-corrected chi connectivity index (χ2v) is 11.8. The van der Waals surface area contributed by atoms with Crippen LogP contribution < -0.4 is 10.6 Å². The van der Waals surface area contributed by atoms with Crippen LogP contribution >= 0.6 is 0 Å². The molecule has 4 aliphatic rings. The molecule has 0 radical (unpaired) electrons. The molecule has 3 N–H and O–H groups in total. The highest BCUT2D eigenvalue weighted by Gasteiger charge is 2.43. The van der Waals surface area contributed by atoms with Crippen molar-refractivity contribution in [3.8, 4) is 5.75 Å². The standard InChI is InChI=1S/C32H39N7O3/c1-22-3-8-30(40)24(17-22)20-38-29-18-23(19-37-12-9-28-27(21-37)35-32(41)39(28)25-5-6-25)4-7-26(29)34-31(38)33-10-2-11-36-13-15-42-16-14-36/h3-4,7-9,12,17-18,21,25,28,40H,2,5-6,10-11,13-16,19-20H2,1H3,(H,33,34)(H,35,41). The van der Waals surface area contributed by atoms with Crippen molar-refractivity contribution >= 4 is 23.0 Å². The van der Waals surface area contributed by atoms with Gasteiger partial charge in [-0.2, -0.15) is 0 Å². The van der Waals surface area contributed by atoms with Crippen LogP contribution in [-0.2, 0) is 17.8 Å². The molecule has 0 spiro atoms. The van der Waals surface area contributed by atoms with Crippen molar-refractivity contribution in [3.63, 3.8) is 0 Å². The summed E-state index contributed by atoms with van der Waals surface area (Å²) in [6.45, 7) is 8.66. The second-order valence-electron chi connectivity index (χ2n) is 11.8. The summed E-state index contributed by atoms with van der Waals surface area (Å²) in [6, 6.07) is 12.5. The maximum absolute atomic E-state index is 12.5. The molecule has 1 unspecified atom stereocenters. The van der Waals surface area contributed by atoms with Crippen LogP contribution in [0.2, 0.25) is 0 Å². The Labute approximate surface area is 246 Å². The molecule has 2 amide bonds. The SMILES string of the molecule is Cc1ccc(O)c(Cn2c(NCCCN3CCOCC3)nc3ccc(CN4C=CC5C(=C4)NC(=O)N5C4CC4)cc32)c1. The number of benzene rings is 2. The summed E-state index contributed by atoms with van der Waals surface area (Å²) in [5.74, 6) is 1.09. The number of carbonyl (C=O) groups excluding carboxylic acids is 1. The van der Waals surface area contributed by atoms with Crippen molar-refractivity contribution in [1.29, 1.82) is 0 Å². The molecule has 7 rings (SSSR count). The van der Waals surface area contributed by atoms with Crippen LogP contribution in [0.1, 0.15) is 36.0 Å². The van der Waals surface area contributed by atoms with Crippen molar-refractivity contribution in [2.45, 2.75) is 51.4 Å². The molecule has 4 heterocycles. The molecule has 10 nitrogen and oxygen atoms in total. The second kappa shape index (κ2) is 11.3. The van der Waals surface area contributed by atoms with E-state index in [1.807, 2.05) is 24.0 Å². The van der Waals surface area contributed by atoms with Crippen LogP contribution in [0.15, 0.2) is 60.6 Å². The van der Waals surface area contributed by atoms with Crippen LogP contribution in [0, 0.1) is 6.92 Å². The molecule has 1 aromatic heterocycles. The van der Waals surface area contributed by atoms with Gasteiger partial charge in [0.25, 0.3) is 0 Å². The minimum Gasteiger partial charge on any atom is -0.508 e. The number of aryl methyl sites for hydroxylation is 1. The van der Waals surface area contributed by atoms with Gasteiger partial charge in [0, 0.05) is 50.2 Å². The first-order valence-electron chi connectivity index (χ1n) is 15.1. The monoisotopic (exact) mass is 569 g/mol. The minimum absolute atomic E-state index is 0.00921. The van der Waals surface area contributed by atoms with E-state index in [0.717, 1.165) is 98.0 Å². The summed E-state index contributed by atoms with van der Waals surface area (Å²) in [7, 11) is 0. The van der Waals surface area contributed by atoms with Crippen molar-refractivity contribution in [2.24, 2.45) is 0 Å². The highest BCUT2D eigenvalue weighted by Crippen LogP contribution is 2.35. The van der Waals surface area contributed by atoms with E-state index < -0.39 is 0 Å². The number of nitrogens with one attached hydrogen (secondary N) is 2. The number of fused-ring (bicyclic) bond motifs is 2. The van der Waals surface area contributed by atoms with Crippen molar-refractivity contribution < 1.29 is 14.6 Å². The molecule has 42 heavy (non-hydrogen) atoms. The molecule has 220 valence electrons. The molecule has 10 heteroatoms. The number of hydrogen-bond acceptors (Lipinski definition) is 7. The number of hydrogen-bond donors (Lipinski definition) is 3. The minimum atomic E-state index is 0.00921. The number of phenols is 1. The van der Waals surface area contributed by atoms with Gasteiger partial charge in [0.05, 0.1) is 42.5 Å². The number of ether oxygens (including phenoxy) is 1. The smallest absolute Gasteiger partial charge is 0.322 e. The fourth-order valence-electron chi connectivity index (χ4n) is 6.21. The highest BCUT2D eigenvalue weighted by molar-refractivity contribution is 5.82. The number of urea groups is 1. The molecule has 2 saturated heterocycles. The molecular formula is C32H39N7O3. The summed E-state index contributed by atoms with van der Waals surface area (Å²) in [6.07, 6.45) is 9.45. The molecule has 1 saturated carbocycles. The third kappa shape index (κ3) is 5.56. The fraction of sp³-hybridized carbons (Fsp3) is 0.438. The Balaban J connectivity index is 1.11. The van der Waals surface area contributed by atoms with E-state index in [4.69, 9.17) is 9.72 Å². The number of aromatic hydroxyl groups is 1. The quantitative estimate of drug-likeness (QED) is 0.318. The Morgan fingerprint density at radius 3 is 2.81 bits per heavy atom. The van der Waals surface area contributed by atoms with Crippen LogP contribution in [-0.4, -0.2) is 86.9 Å². The van der Waals surface area contributed by atoms with Crippen molar-refractivity contribution in [2.75, 3.05) is 44.7 Å². The number of imidazole rings is 1. The van der Waals surface area contributed by atoms with E-state index in [9.17, 15) is 9.90 Å². The third-order valence-corrected chi connectivity index (χ3v) is 8.59. The average Bonchev–Trinajstić information content (AvgIpc) is 3.69. The lowest BCUT2D eigenvalue weighted by Gasteiger charge is -2.26. The van der Waals surface area contributed by atoms with Gasteiger partial charge >= 0.3 is 6.03 Å². The zero-order valence-electron chi connectivity index (χ0n) is 24.1. The molecule has 1 aliphatic carbocycles. The molecule has 3 aliphatic heterocycles. The summed E-state index contributed by atoms with van der Waals surface area (Å²) in [5.41, 5.74) is 5.98. The van der Waals surface area contributed by atoms with Crippen LogP contribution in [0.3, 0.4) is 0 Å². The summed E-state index contributed by atoms with van der Waals surface area (Å²) in [5, 5.41) is 17.3. The number of carbonyl (C=O) groups is 1. The molecule has 1 atom stereocenters. The Hall–Kier alpha value is -4.02. The fourth-order valence-corrected chi connectivity index (χ4v) is 6.21. The average molecular weight is 570 g/mol. The number of amides is 2. The van der Waals surface area contributed by atoms with Gasteiger partial charge in [-0.1, -0.05) is 23.8 Å². The highest BCUT2D eigenvalue weighted by atomic mass is 16.5. The number of aromatic nitrogens is 2. The molecular weight excluding hydrogens is 530 g/mol. The normalized spacial score (nSPS) is 20.6. The topological polar surface area (TPSA) is 98.1 Å². The number of rotatable bonds is 10. The predicted octanol–water partition coefficient (Wildman–Crippen LogP) is 3.96. The van der Waals surface area contributed by atoms with Crippen LogP contribution in [0.4, 0.5) is 10.7 Å². The van der Waals surface area contributed by atoms with Crippen LogP contribution in [0.25, 0.3) is 11.0 Å². The van der Waals surface area contributed by atoms with Gasteiger partial charge < -0.3 is 34.8 Å². The van der Waals surface area contributed by atoms with Gasteiger partial charge in [0.1, 0.15) is 5.75 Å². The van der Waals surface area contributed by atoms with Gasteiger partial charge in [-0.3, -0.25) is 4.90 Å². The van der Waals surface area contributed by atoms with Gasteiger partial charge in [-0.15, -0.1) is 0 Å². The van der Waals surface area contributed by atoms with Crippen LogP contribution in [0.5, 0.6) is 5.75 Å². The zero-order valence-corrected chi connectivity index (χ0v) is 24.1. The molecule has 3 aromatic rings. The van der Waals surface area contributed by atoms with Gasteiger partial charge in [0.2, 0.25) is 5.95 Å². The van der Waals surface area contributed by atoms with Gasteiger partial charge in [-0.05, 0) is 62.6 Å². The first-order valence-corrected chi connectivity index (χ1v) is 15.1. The molecule has 3 fully saturated rings. The largest absolute Gasteiger partial charge is 0.508 e. The van der Waals surface area contributed by atoms with Gasteiger partial charge in [-0.25, -0.2) is 9.78 Å². The summed E-state index contributed by atoms with van der Waals surface area (Å²) >= 11 is 0. The van der Waals surface area contributed by atoms with Gasteiger partial charge in [0.15, 0.2) is 0 Å². The maximum Gasteiger partial charge on any atom is 0.322 e. The van der Waals surface area contributed by atoms with E-state index in [1.54, 1.807) is 6.07 Å². The van der Waals surface area contributed by atoms with E-state index >= 15 is 0 Å². The van der Waals surface area contributed by atoms with E-state index in [1.165, 1.54) is 0 Å². The first kappa shape index (κ1) is 26.9. The zero-order chi connectivity index (χ0) is 28.6. The van der Waals surface area contributed by atoms with E-state index in [-0.39, 0.29) is 17.8 Å². The number of nitrogens with zero attached hydrogens (tertiary/aromatic N) is 5. The third-order valence-electron chi connectivity index (χ3n) is 8.59. The molecule has 0 bridgehead atoms. The maximum atomic E-state index is 12.5. The Bertz CT molecular complexity index is 1540. The lowest BCUT2D eigenvalue weighted by atomic mass is 10.1.